The normalized spacial score (nSPS) is 10.5. The largest absolute Gasteiger partial charge is 1.00 e. The van der Waals surface area contributed by atoms with E-state index >= 15 is 0 Å². The van der Waals surface area contributed by atoms with Crippen molar-refractivity contribution in [1.29, 1.82) is 0 Å². The summed E-state index contributed by atoms with van der Waals surface area (Å²) >= 11 is 5.54. The first-order valence-electron chi connectivity index (χ1n) is 3.94. The van der Waals surface area contributed by atoms with Gasteiger partial charge in [-0.05, 0) is 12.1 Å². The van der Waals surface area contributed by atoms with Crippen molar-refractivity contribution in [1.82, 2.24) is 0 Å². The molecule has 0 radical (unpaired) electrons. The first-order valence-corrected chi connectivity index (χ1v) is 4.31. The predicted molar refractivity (Wildman–Crippen MR) is 57.0 cm³/mol. The maximum absolute atomic E-state index is 13.3. The summed E-state index contributed by atoms with van der Waals surface area (Å²) in [7, 11) is 0. The zero-order valence-electron chi connectivity index (χ0n) is 8.05. The Morgan fingerprint density at radius 2 is 1.94 bits per heavy atom. The molecule has 0 unspecified atom stereocenters. The second kappa shape index (κ2) is 6.14. The smallest absolute Gasteiger partial charge is 0.316 e. The molecular formula is C8H10Cl2FN5. The molecule has 1 rings (SSSR count). The van der Waals surface area contributed by atoms with Crippen molar-refractivity contribution in [3.05, 3.63) is 29.0 Å². The van der Waals surface area contributed by atoms with Gasteiger partial charge in [-0.3, -0.25) is 0 Å². The highest BCUT2D eigenvalue weighted by atomic mass is 35.5. The van der Waals surface area contributed by atoms with Crippen molar-refractivity contribution in [2.45, 2.75) is 0 Å². The number of benzene rings is 1. The first-order chi connectivity index (χ1) is 7.00. The van der Waals surface area contributed by atoms with E-state index in [0.29, 0.717) is 0 Å². The number of rotatable bonds is 1. The third-order valence-electron chi connectivity index (χ3n) is 1.44. The van der Waals surface area contributed by atoms with Gasteiger partial charge in [0.2, 0.25) is 0 Å². The van der Waals surface area contributed by atoms with E-state index in [1.165, 1.54) is 12.1 Å². The van der Waals surface area contributed by atoms with Gasteiger partial charge in [0.25, 0.3) is 5.96 Å². The van der Waals surface area contributed by atoms with Crippen LogP contribution in [0.3, 0.4) is 0 Å². The van der Waals surface area contributed by atoms with Gasteiger partial charge >= 0.3 is 5.96 Å². The van der Waals surface area contributed by atoms with Crippen LogP contribution in [0.1, 0.15) is 0 Å². The first kappa shape index (κ1) is 14.5. The summed E-state index contributed by atoms with van der Waals surface area (Å²) in [5.41, 5.74) is 15.6. The Labute approximate surface area is 103 Å². The van der Waals surface area contributed by atoms with E-state index in [0.717, 1.165) is 0 Å². The molecular weight excluding hydrogens is 256 g/mol. The van der Waals surface area contributed by atoms with E-state index in [1.54, 1.807) is 6.07 Å². The molecule has 0 fully saturated rings. The van der Waals surface area contributed by atoms with Gasteiger partial charge in [0.15, 0.2) is 5.82 Å². The molecule has 0 amide bonds. The van der Waals surface area contributed by atoms with Gasteiger partial charge in [-0.15, -0.1) is 4.99 Å². The molecule has 0 aliphatic carbocycles. The molecule has 16 heavy (non-hydrogen) atoms. The van der Waals surface area contributed by atoms with Crippen LogP contribution in [0.15, 0.2) is 23.2 Å². The Morgan fingerprint density at radius 3 is 2.50 bits per heavy atom. The summed E-state index contributed by atoms with van der Waals surface area (Å²) in [5, 5.41) is -0.0336. The van der Waals surface area contributed by atoms with E-state index < -0.39 is 5.82 Å². The second-order valence-electron chi connectivity index (χ2n) is 2.65. The molecule has 0 spiro atoms. The molecule has 0 heterocycles. The lowest BCUT2D eigenvalue weighted by Crippen LogP contribution is -3.00. The minimum atomic E-state index is -0.653. The highest BCUT2D eigenvalue weighted by Crippen LogP contribution is 2.23. The molecule has 1 aromatic carbocycles. The maximum Gasteiger partial charge on any atom is 0.316 e. The fourth-order valence-electron chi connectivity index (χ4n) is 0.884. The van der Waals surface area contributed by atoms with Crippen molar-refractivity contribution in [3.8, 4) is 0 Å². The quantitative estimate of drug-likeness (QED) is 0.306. The van der Waals surface area contributed by atoms with Crippen molar-refractivity contribution in [2.75, 3.05) is 0 Å². The molecule has 0 aliphatic heterocycles. The van der Waals surface area contributed by atoms with Crippen molar-refractivity contribution >= 4 is 29.2 Å². The average Bonchev–Trinajstić information content (AvgIpc) is 2.11. The number of hydrogen-bond donors (Lipinski definition) is 4. The topological polar surface area (TPSA) is 104 Å². The number of aliphatic imine (C=N–C) groups is 1. The molecule has 0 atom stereocenters. The van der Waals surface area contributed by atoms with Crippen LogP contribution in [-0.4, -0.2) is 11.9 Å². The summed E-state index contributed by atoms with van der Waals surface area (Å²) < 4.78 is 13.3. The SMILES string of the molecule is NC(=Nc1cccc(Cl)c1F)[NH+]=C(N)N.[Cl-]. The number of nitrogens with two attached hydrogens (primary N) is 3. The monoisotopic (exact) mass is 265 g/mol. The summed E-state index contributed by atoms with van der Waals surface area (Å²) in [5.74, 6) is -0.894. The van der Waals surface area contributed by atoms with E-state index in [2.05, 4.69) is 9.98 Å². The molecule has 1 aromatic rings. The number of nitrogens with zero attached hydrogens (tertiary/aromatic N) is 1. The van der Waals surface area contributed by atoms with Gasteiger partial charge < -0.3 is 29.6 Å². The molecule has 0 aliphatic rings. The lowest BCUT2D eigenvalue weighted by atomic mass is 10.3. The molecule has 0 saturated carbocycles. The molecule has 7 N–H and O–H groups in total. The Kier molecular flexibility index (Phi) is 5.55. The fraction of sp³-hybridized carbons (Fsp3) is 0. The standard InChI is InChI=1S/C8H9ClFN5.ClH/c9-4-2-1-3-5(6(4)10)14-8(13)15-7(11)12;/h1-3H,(H6,11,12,13,14,15);1H. The van der Waals surface area contributed by atoms with Gasteiger partial charge in [0.1, 0.15) is 5.69 Å². The van der Waals surface area contributed by atoms with E-state index in [4.69, 9.17) is 28.8 Å². The van der Waals surface area contributed by atoms with E-state index in [-0.39, 0.29) is 35.0 Å². The van der Waals surface area contributed by atoms with Gasteiger partial charge in [0.05, 0.1) is 5.02 Å². The lowest BCUT2D eigenvalue weighted by Gasteiger charge is -1.96. The Bertz CT molecular complexity index is 428. The fourth-order valence-corrected chi connectivity index (χ4v) is 1.05. The molecule has 88 valence electrons. The van der Waals surface area contributed by atoms with Gasteiger partial charge in [0, 0.05) is 0 Å². The minimum Gasteiger partial charge on any atom is -1.00 e. The van der Waals surface area contributed by atoms with Crippen molar-refractivity contribution < 1.29 is 21.8 Å². The highest BCUT2D eigenvalue weighted by molar-refractivity contribution is 6.31. The molecule has 0 bridgehead atoms. The van der Waals surface area contributed by atoms with Crippen molar-refractivity contribution in [3.63, 3.8) is 0 Å². The molecule has 5 nitrogen and oxygen atoms in total. The van der Waals surface area contributed by atoms with Crippen LogP contribution >= 0.6 is 11.6 Å². The van der Waals surface area contributed by atoms with Gasteiger partial charge in [-0.2, -0.15) is 0 Å². The molecule has 8 heteroatoms. The summed E-state index contributed by atoms with van der Waals surface area (Å²) in [4.78, 5) is 6.03. The van der Waals surface area contributed by atoms with Crippen LogP contribution in [-0.2, 0) is 0 Å². The average molecular weight is 266 g/mol. The summed E-state index contributed by atoms with van der Waals surface area (Å²) in [6.07, 6.45) is 0. The van der Waals surface area contributed by atoms with Crippen LogP contribution in [0, 0.1) is 5.82 Å². The number of nitrogens with one attached hydrogen (secondary N) is 1. The number of guanidine groups is 2. The van der Waals surface area contributed by atoms with Crippen LogP contribution in [0.4, 0.5) is 10.1 Å². The molecule has 0 aromatic heterocycles. The van der Waals surface area contributed by atoms with Crippen molar-refractivity contribution in [2.24, 2.45) is 22.2 Å². The van der Waals surface area contributed by atoms with E-state index in [9.17, 15) is 4.39 Å². The Morgan fingerprint density at radius 1 is 1.31 bits per heavy atom. The van der Waals surface area contributed by atoms with Crippen LogP contribution in [0.5, 0.6) is 0 Å². The predicted octanol–water partition coefficient (Wildman–Crippen LogP) is -4.22. The lowest BCUT2D eigenvalue weighted by molar-refractivity contribution is -0.320. The zero-order valence-corrected chi connectivity index (χ0v) is 9.56. The van der Waals surface area contributed by atoms with Gasteiger partial charge in [-0.25, -0.2) is 9.38 Å². The van der Waals surface area contributed by atoms with Gasteiger partial charge in [-0.1, -0.05) is 17.7 Å². The maximum atomic E-state index is 13.3. The second-order valence-corrected chi connectivity index (χ2v) is 3.06. The van der Waals surface area contributed by atoms with E-state index in [1.807, 2.05) is 0 Å². The highest BCUT2D eigenvalue weighted by Gasteiger charge is 2.07. The van der Waals surface area contributed by atoms with Crippen LogP contribution < -0.4 is 34.6 Å². The van der Waals surface area contributed by atoms with Crippen LogP contribution in [0.2, 0.25) is 5.02 Å². The summed E-state index contributed by atoms with van der Waals surface area (Å²) in [6.45, 7) is 0. The Hall–Kier alpha value is -1.53. The molecule has 0 saturated heterocycles. The summed E-state index contributed by atoms with van der Waals surface area (Å²) in [6, 6.07) is 4.37. The third kappa shape index (κ3) is 3.92. The number of halogens is 3. The third-order valence-corrected chi connectivity index (χ3v) is 1.74. The zero-order chi connectivity index (χ0) is 11.4. The van der Waals surface area contributed by atoms with Crippen LogP contribution in [0.25, 0.3) is 0 Å². The Balaban J connectivity index is 0.00000225. The minimum absolute atomic E-state index is 0. The number of hydrogen-bond acceptors (Lipinski definition) is 1.